The van der Waals surface area contributed by atoms with Gasteiger partial charge in [0.2, 0.25) is 0 Å². The van der Waals surface area contributed by atoms with Gasteiger partial charge in [-0.25, -0.2) is 0 Å². The highest BCUT2D eigenvalue weighted by Crippen LogP contribution is 2.31. The molecule has 0 saturated heterocycles. The van der Waals surface area contributed by atoms with Crippen LogP contribution in [0.4, 0.5) is 0 Å². The molecule has 78 valence electrons. The van der Waals surface area contributed by atoms with E-state index in [1.54, 1.807) is 0 Å². The van der Waals surface area contributed by atoms with Crippen molar-refractivity contribution in [1.82, 2.24) is 10.2 Å². The van der Waals surface area contributed by atoms with E-state index in [0.29, 0.717) is 12.1 Å². The number of hydrogen-bond donors (Lipinski definition) is 1. The second kappa shape index (κ2) is 4.43. The second-order valence-electron chi connectivity index (χ2n) is 4.96. The fraction of sp³-hybridized carbons (Fsp3) is 1.00. The summed E-state index contributed by atoms with van der Waals surface area (Å²) in [6.07, 6.45) is 1.37. The molecular formula is C11H24N2. The summed E-state index contributed by atoms with van der Waals surface area (Å²) < 4.78 is 0. The molecule has 1 aliphatic carbocycles. The molecule has 0 heterocycles. The van der Waals surface area contributed by atoms with Crippen molar-refractivity contribution in [2.45, 2.75) is 52.2 Å². The molecule has 1 rings (SSSR count). The van der Waals surface area contributed by atoms with Crippen molar-refractivity contribution in [3.05, 3.63) is 0 Å². The third-order valence-corrected chi connectivity index (χ3v) is 2.87. The van der Waals surface area contributed by atoms with Crippen molar-refractivity contribution in [3.63, 3.8) is 0 Å². The molecule has 1 N–H and O–H groups in total. The van der Waals surface area contributed by atoms with Crippen LogP contribution in [0, 0.1) is 5.92 Å². The predicted octanol–water partition coefficient (Wildman–Crippen LogP) is 1.71. The average molecular weight is 184 g/mol. The maximum absolute atomic E-state index is 3.58. The van der Waals surface area contributed by atoms with E-state index in [1.807, 2.05) is 0 Å². The molecule has 0 aromatic heterocycles. The molecule has 0 aliphatic heterocycles. The third kappa shape index (κ3) is 3.65. The molecule has 1 saturated carbocycles. The van der Waals surface area contributed by atoms with Gasteiger partial charge in [-0.1, -0.05) is 13.8 Å². The summed E-state index contributed by atoms with van der Waals surface area (Å²) in [5.41, 5.74) is 0. The minimum absolute atomic E-state index is 0.638. The Balaban J connectivity index is 2.13. The van der Waals surface area contributed by atoms with Crippen LogP contribution in [0.2, 0.25) is 0 Å². The van der Waals surface area contributed by atoms with E-state index in [0.717, 1.165) is 12.0 Å². The van der Waals surface area contributed by atoms with Crippen LogP contribution in [-0.4, -0.2) is 36.6 Å². The van der Waals surface area contributed by atoms with Gasteiger partial charge in [0.05, 0.1) is 0 Å². The summed E-state index contributed by atoms with van der Waals surface area (Å²) in [5.74, 6) is 0.898. The van der Waals surface area contributed by atoms with Crippen LogP contribution in [0.15, 0.2) is 0 Å². The molecule has 13 heavy (non-hydrogen) atoms. The molecule has 0 spiro atoms. The third-order valence-electron chi connectivity index (χ3n) is 2.87. The normalized spacial score (nSPS) is 27.7. The highest BCUT2D eigenvalue weighted by atomic mass is 15.1. The Morgan fingerprint density at radius 2 is 1.92 bits per heavy atom. The second-order valence-corrected chi connectivity index (χ2v) is 4.96. The fourth-order valence-corrected chi connectivity index (χ4v) is 1.66. The molecule has 0 radical (unpaired) electrons. The van der Waals surface area contributed by atoms with Crippen molar-refractivity contribution < 1.29 is 0 Å². The van der Waals surface area contributed by atoms with Crippen LogP contribution < -0.4 is 5.32 Å². The Kier molecular flexibility index (Phi) is 3.74. The van der Waals surface area contributed by atoms with Gasteiger partial charge in [-0.15, -0.1) is 0 Å². The molecule has 1 fully saturated rings. The van der Waals surface area contributed by atoms with Gasteiger partial charge in [0.1, 0.15) is 0 Å². The lowest BCUT2D eigenvalue weighted by Crippen LogP contribution is -2.32. The fourth-order valence-electron chi connectivity index (χ4n) is 1.66. The van der Waals surface area contributed by atoms with Gasteiger partial charge in [0, 0.05) is 24.7 Å². The van der Waals surface area contributed by atoms with Crippen LogP contribution in [0.25, 0.3) is 0 Å². The highest BCUT2D eigenvalue weighted by Gasteiger charge is 2.37. The van der Waals surface area contributed by atoms with Gasteiger partial charge in [0.15, 0.2) is 0 Å². The van der Waals surface area contributed by atoms with Crippen molar-refractivity contribution in [3.8, 4) is 0 Å². The van der Waals surface area contributed by atoms with Crippen LogP contribution in [0.3, 0.4) is 0 Å². The first-order valence-corrected chi connectivity index (χ1v) is 5.47. The first-order valence-electron chi connectivity index (χ1n) is 5.47. The van der Waals surface area contributed by atoms with Gasteiger partial charge < -0.3 is 10.2 Å². The summed E-state index contributed by atoms with van der Waals surface area (Å²) in [6, 6.07) is 2.11. The van der Waals surface area contributed by atoms with Crippen LogP contribution in [-0.2, 0) is 0 Å². The monoisotopic (exact) mass is 184 g/mol. The van der Waals surface area contributed by atoms with E-state index in [-0.39, 0.29) is 0 Å². The molecule has 2 unspecified atom stereocenters. The summed E-state index contributed by atoms with van der Waals surface area (Å²) in [4.78, 5) is 2.44. The molecular weight excluding hydrogens is 160 g/mol. The summed E-state index contributed by atoms with van der Waals surface area (Å²) in [5, 5.41) is 3.58. The molecule has 0 amide bonds. The standard InChI is InChI=1S/C11H24N2/c1-8(2)12-11-6-10(11)7-13(5)9(3)4/h8-12H,6-7H2,1-5H3. The molecule has 0 aromatic rings. The Morgan fingerprint density at radius 3 is 2.38 bits per heavy atom. The Hall–Kier alpha value is -0.0800. The van der Waals surface area contributed by atoms with E-state index in [9.17, 15) is 0 Å². The lowest BCUT2D eigenvalue weighted by Gasteiger charge is -2.21. The average Bonchev–Trinajstić information content (AvgIpc) is 2.66. The zero-order valence-electron chi connectivity index (χ0n) is 9.67. The van der Waals surface area contributed by atoms with E-state index in [2.05, 4.69) is 45.0 Å². The van der Waals surface area contributed by atoms with Crippen LogP contribution in [0.5, 0.6) is 0 Å². The molecule has 0 aromatic carbocycles. The number of nitrogens with one attached hydrogen (secondary N) is 1. The van der Waals surface area contributed by atoms with E-state index >= 15 is 0 Å². The van der Waals surface area contributed by atoms with Crippen LogP contribution >= 0.6 is 0 Å². The van der Waals surface area contributed by atoms with E-state index < -0.39 is 0 Å². The van der Waals surface area contributed by atoms with Gasteiger partial charge in [0.25, 0.3) is 0 Å². The summed E-state index contributed by atoms with van der Waals surface area (Å²) >= 11 is 0. The SMILES string of the molecule is CC(C)NC1CC1CN(C)C(C)C. The van der Waals surface area contributed by atoms with Crippen molar-refractivity contribution in [1.29, 1.82) is 0 Å². The molecule has 2 heteroatoms. The first-order chi connectivity index (χ1) is 6.00. The lowest BCUT2D eigenvalue weighted by atomic mass is 10.3. The smallest absolute Gasteiger partial charge is 0.0114 e. The number of nitrogens with zero attached hydrogens (tertiary/aromatic N) is 1. The minimum Gasteiger partial charge on any atom is -0.311 e. The summed E-state index contributed by atoms with van der Waals surface area (Å²) in [7, 11) is 2.22. The topological polar surface area (TPSA) is 15.3 Å². The molecule has 2 nitrogen and oxygen atoms in total. The van der Waals surface area contributed by atoms with Gasteiger partial charge >= 0.3 is 0 Å². The predicted molar refractivity (Wildman–Crippen MR) is 57.9 cm³/mol. The zero-order chi connectivity index (χ0) is 10.0. The lowest BCUT2D eigenvalue weighted by molar-refractivity contribution is 0.259. The Labute approximate surface area is 82.7 Å². The number of hydrogen-bond acceptors (Lipinski definition) is 2. The Bertz CT molecular complexity index is 154. The van der Waals surface area contributed by atoms with Gasteiger partial charge in [-0.05, 0) is 33.2 Å². The quantitative estimate of drug-likeness (QED) is 0.700. The minimum atomic E-state index is 0.638. The molecule has 1 aliphatic rings. The molecule has 2 atom stereocenters. The van der Waals surface area contributed by atoms with Crippen molar-refractivity contribution >= 4 is 0 Å². The number of rotatable bonds is 5. The van der Waals surface area contributed by atoms with Crippen molar-refractivity contribution in [2.75, 3.05) is 13.6 Å². The van der Waals surface area contributed by atoms with E-state index in [1.165, 1.54) is 13.0 Å². The molecule has 0 bridgehead atoms. The first kappa shape index (κ1) is 11.0. The van der Waals surface area contributed by atoms with Gasteiger partial charge in [-0.2, -0.15) is 0 Å². The maximum Gasteiger partial charge on any atom is 0.0114 e. The zero-order valence-corrected chi connectivity index (χ0v) is 9.67. The maximum atomic E-state index is 3.58. The largest absolute Gasteiger partial charge is 0.311 e. The van der Waals surface area contributed by atoms with Crippen LogP contribution in [0.1, 0.15) is 34.1 Å². The summed E-state index contributed by atoms with van der Waals surface area (Å²) in [6.45, 7) is 10.2. The van der Waals surface area contributed by atoms with Crippen molar-refractivity contribution in [2.24, 2.45) is 5.92 Å². The van der Waals surface area contributed by atoms with E-state index in [4.69, 9.17) is 0 Å². The highest BCUT2D eigenvalue weighted by molar-refractivity contribution is 4.95. The van der Waals surface area contributed by atoms with Gasteiger partial charge in [-0.3, -0.25) is 0 Å². The Morgan fingerprint density at radius 1 is 1.31 bits per heavy atom.